The lowest BCUT2D eigenvalue weighted by Gasteiger charge is -2.43. The predicted molar refractivity (Wildman–Crippen MR) is 78.9 cm³/mol. The van der Waals surface area contributed by atoms with Gasteiger partial charge in [0.1, 0.15) is 0 Å². The summed E-state index contributed by atoms with van der Waals surface area (Å²) >= 11 is 0. The van der Waals surface area contributed by atoms with E-state index < -0.39 is 0 Å². The second-order valence-electron chi connectivity index (χ2n) is 5.60. The van der Waals surface area contributed by atoms with Gasteiger partial charge in [-0.05, 0) is 32.5 Å². The number of hydrogen-bond donors (Lipinski definition) is 1. The first-order valence-corrected chi connectivity index (χ1v) is 7.24. The highest BCUT2D eigenvalue weighted by Crippen LogP contribution is 2.25. The number of likely N-dealkylation sites (N-methyl/N-ethyl adjacent to an activating group) is 1. The minimum atomic E-state index is 0.0933. The molecule has 0 spiro atoms. The fourth-order valence-electron chi connectivity index (χ4n) is 3.00. The van der Waals surface area contributed by atoms with Gasteiger partial charge in [0.05, 0.1) is 11.7 Å². The molecule has 1 aromatic heterocycles. The van der Waals surface area contributed by atoms with Gasteiger partial charge in [0, 0.05) is 37.9 Å². The van der Waals surface area contributed by atoms with Crippen molar-refractivity contribution >= 4 is 0 Å². The number of nitrogens with zero attached hydrogens (tertiary/aromatic N) is 3. The third kappa shape index (κ3) is 3.32. The smallest absolute Gasteiger partial charge is 0.0671 e. The maximum Gasteiger partial charge on any atom is 0.0671 e. The summed E-state index contributed by atoms with van der Waals surface area (Å²) in [4.78, 5) is 9.46. The molecule has 0 radical (unpaired) electrons. The SMILES string of the molecule is CCC1CN(C(c2ccccn2)C(C)N)CCN1C. The van der Waals surface area contributed by atoms with Crippen LogP contribution >= 0.6 is 0 Å². The maximum atomic E-state index is 6.23. The molecule has 4 nitrogen and oxygen atoms in total. The third-order valence-electron chi connectivity index (χ3n) is 4.16. The standard InChI is InChI=1S/C15H26N4/c1-4-13-11-19(10-9-18(13)3)15(12(2)16)14-7-5-6-8-17-14/h5-8,12-13,15H,4,9-11,16H2,1-3H3. The van der Waals surface area contributed by atoms with E-state index in [1.165, 1.54) is 6.42 Å². The summed E-state index contributed by atoms with van der Waals surface area (Å²) in [5, 5.41) is 0. The van der Waals surface area contributed by atoms with Crippen molar-refractivity contribution < 1.29 is 0 Å². The lowest BCUT2D eigenvalue weighted by atomic mass is 10.0. The minimum Gasteiger partial charge on any atom is -0.326 e. The van der Waals surface area contributed by atoms with E-state index in [2.05, 4.69) is 41.7 Å². The molecule has 19 heavy (non-hydrogen) atoms. The van der Waals surface area contributed by atoms with Crippen LogP contribution in [0.1, 0.15) is 32.0 Å². The van der Waals surface area contributed by atoms with Crippen LogP contribution in [0.25, 0.3) is 0 Å². The number of rotatable bonds is 4. The first-order chi connectivity index (χ1) is 9.13. The van der Waals surface area contributed by atoms with Gasteiger partial charge in [-0.2, -0.15) is 0 Å². The maximum absolute atomic E-state index is 6.23. The molecule has 1 aliphatic heterocycles. The van der Waals surface area contributed by atoms with Crippen molar-refractivity contribution in [2.24, 2.45) is 5.73 Å². The van der Waals surface area contributed by atoms with Crippen LogP contribution in [0, 0.1) is 0 Å². The number of piperazine rings is 1. The summed E-state index contributed by atoms with van der Waals surface area (Å²) in [6, 6.07) is 7.04. The summed E-state index contributed by atoms with van der Waals surface area (Å²) in [7, 11) is 2.22. The van der Waals surface area contributed by atoms with Gasteiger partial charge in [0.15, 0.2) is 0 Å². The van der Waals surface area contributed by atoms with E-state index in [1.807, 2.05) is 18.3 Å². The van der Waals surface area contributed by atoms with Crippen LogP contribution in [0.5, 0.6) is 0 Å². The molecule has 3 atom stereocenters. The average molecular weight is 262 g/mol. The Bertz CT molecular complexity index is 379. The van der Waals surface area contributed by atoms with Crippen LogP contribution in [-0.4, -0.2) is 53.5 Å². The van der Waals surface area contributed by atoms with Crippen molar-refractivity contribution in [1.29, 1.82) is 0 Å². The van der Waals surface area contributed by atoms with Gasteiger partial charge in [-0.15, -0.1) is 0 Å². The Labute approximate surface area is 116 Å². The molecule has 3 unspecified atom stereocenters. The Kier molecular flexibility index (Phi) is 4.91. The number of hydrogen-bond acceptors (Lipinski definition) is 4. The van der Waals surface area contributed by atoms with Crippen molar-refractivity contribution in [3.05, 3.63) is 30.1 Å². The highest BCUT2D eigenvalue weighted by molar-refractivity contribution is 5.11. The number of pyridine rings is 1. The fraction of sp³-hybridized carbons (Fsp3) is 0.667. The van der Waals surface area contributed by atoms with Crippen LogP contribution in [0.4, 0.5) is 0 Å². The Balaban J connectivity index is 2.16. The molecule has 0 aromatic carbocycles. The largest absolute Gasteiger partial charge is 0.326 e. The first kappa shape index (κ1) is 14.4. The zero-order valence-corrected chi connectivity index (χ0v) is 12.3. The number of nitrogens with two attached hydrogens (primary N) is 1. The number of aromatic nitrogens is 1. The normalized spacial score (nSPS) is 25.2. The van der Waals surface area contributed by atoms with E-state index in [0.29, 0.717) is 6.04 Å². The molecular formula is C15H26N4. The molecule has 1 saturated heterocycles. The van der Waals surface area contributed by atoms with Crippen LogP contribution in [0.15, 0.2) is 24.4 Å². The third-order valence-corrected chi connectivity index (χ3v) is 4.16. The Morgan fingerprint density at radius 2 is 2.21 bits per heavy atom. The molecule has 106 valence electrons. The van der Waals surface area contributed by atoms with Crippen molar-refractivity contribution in [2.75, 3.05) is 26.7 Å². The van der Waals surface area contributed by atoms with Crippen LogP contribution in [0.3, 0.4) is 0 Å². The topological polar surface area (TPSA) is 45.4 Å². The van der Waals surface area contributed by atoms with Gasteiger partial charge in [-0.3, -0.25) is 9.88 Å². The summed E-state index contributed by atoms with van der Waals surface area (Å²) in [5.41, 5.74) is 7.32. The fourth-order valence-corrected chi connectivity index (χ4v) is 3.00. The van der Waals surface area contributed by atoms with E-state index in [9.17, 15) is 0 Å². The van der Waals surface area contributed by atoms with Crippen molar-refractivity contribution in [2.45, 2.75) is 38.4 Å². The zero-order valence-electron chi connectivity index (χ0n) is 12.3. The summed E-state index contributed by atoms with van der Waals surface area (Å²) < 4.78 is 0. The second kappa shape index (κ2) is 6.46. The summed E-state index contributed by atoms with van der Waals surface area (Å²) in [6.45, 7) is 7.59. The molecule has 2 heterocycles. The highest BCUT2D eigenvalue weighted by atomic mass is 15.3. The monoisotopic (exact) mass is 262 g/mol. The van der Waals surface area contributed by atoms with Gasteiger partial charge in [0.25, 0.3) is 0 Å². The van der Waals surface area contributed by atoms with E-state index >= 15 is 0 Å². The van der Waals surface area contributed by atoms with E-state index in [-0.39, 0.29) is 12.1 Å². The lowest BCUT2D eigenvalue weighted by Crippen LogP contribution is -2.54. The van der Waals surface area contributed by atoms with Crippen molar-refractivity contribution in [3.8, 4) is 0 Å². The Hall–Kier alpha value is -0.970. The first-order valence-electron chi connectivity index (χ1n) is 7.24. The van der Waals surface area contributed by atoms with Gasteiger partial charge in [-0.25, -0.2) is 0 Å². The molecule has 0 aliphatic carbocycles. The molecule has 1 fully saturated rings. The van der Waals surface area contributed by atoms with Crippen LogP contribution < -0.4 is 5.73 Å². The summed E-state index contributed by atoms with van der Waals surface area (Å²) in [6.07, 6.45) is 3.04. The van der Waals surface area contributed by atoms with Crippen LogP contribution in [0.2, 0.25) is 0 Å². The summed E-state index contributed by atoms with van der Waals surface area (Å²) in [5.74, 6) is 0. The molecule has 1 aliphatic rings. The van der Waals surface area contributed by atoms with E-state index in [1.54, 1.807) is 0 Å². The predicted octanol–water partition coefficient (Wildman–Crippen LogP) is 1.50. The zero-order chi connectivity index (χ0) is 13.8. The molecular weight excluding hydrogens is 236 g/mol. The quantitative estimate of drug-likeness (QED) is 0.893. The van der Waals surface area contributed by atoms with Gasteiger partial charge >= 0.3 is 0 Å². The van der Waals surface area contributed by atoms with Gasteiger partial charge in [0.2, 0.25) is 0 Å². The molecule has 2 rings (SSSR count). The molecule has 2 N–H and O–H groups in total. The molecule has 4 heteroatoms. The van der Waals surface area contributed by atoms with Gasteiger partial charge in [-0.1, -0.05) is 13.0 Å². The second-order valence-corrected chi connectivity index (χ2v) is 5.60. The van der Waals surface area contributed by atoms with Gasteiger partial charge < -0.3 is 10.6 Å². The Morgan fingerprint density at radius 3 is 2.79 bits per heavy atom. The average Bonchev–Trinajstić information content (AvgIpc) is 2.41. The van der Waals surface area contributed by atoms with Crippen molar-refractivity contribution in [1.82, 2.24) is 14.8 Å². The molecule has 1 aromatic rings. The molecule has 0 bridgehead atoms. The Morgan fingerprint density at radius 1 is 1.42 bits per heavy atom. The lowest BCUT2D eigenvalue weighted by molar-refractivity contribution is 0.0535. The van der Waals surface area contributed by atoms with E-state index in [0.717, 1.165) is 25.3 Å². The van der Waals surface area contributed by atoms with Crippen molar-refractivity contribution in [3.63, 3.8) is 0 Å². The van der Waals surface area contributed by atoms with Crippen LogP contribution in [-0.2, 0) is 0 Å². The van der Waals surface area contributed by atoms with E-state index in [4.69, 9.17) is 5.73 Å². The highest BCUT2D eigenvalue weighted by Gasteiger charge is 2.31. The molecule has 0 saturated carbocycles. The molecule has 0 amide bonds. The minimum absolute atomic E-state index is 0.0933.